The van der Waals surface area contributed by atoms with Crippen LogP contribution in [0.2, 0.25) is 0 Å². The van der Waals surface area contributed by atoms with Gasteiger partial charge >= 0.3 is 0 Å². The van der Waals surface area contributed by atoms with Crippen LogP contribution in [0.3, 0.4) is 0 Å². The second kappa shape index (κ2) is 10.1. The molecule has 0 aliphatic heterocycles. The molecule has 2 amide bonds. The van der Waals surface area contributed by atoms with Crippen molar-refractivity contribution in [1.29, 1.82) is 0 Å². The van der Waals surface area contributed by atoms with Crippen molar-refractivity contribution in [3.8, 4) is 5.75 Å². The number of hydrogen-bond donors (Lipinski definition) is 1. The molecule has 0 bridgehead atoms. The van der Waals surface area contributed by atoms with Crippen LogP contribution in [-0.2, 0) is 16.1 Å². The summed E-state index contributed by atoms with van der Waals surface area (Å²) in [5.41, 5.74) is 2.08. The Bertz CT molecular complexity index is 777. The molecule has 0 aromatic heterocycles. The molecular weight excluding hydrogens is 408 g/mol. The minimum Gasteiger partial charge on any atom is -0.484 e. The molecule has 0 fully saturated rings. The quantitative estimate of drug-likeness (QED) is 0.691. The normalized spacial score (nSPS) is 11.6. The SMILES string of the molecule is CCNC(=O)[C@@H](C)N(Cc1cccc(C)c1)C(=O)COc1ccc(Br)cc1. The van der Waals surface area contributed by atoms with Gasteiger partial charge in [0.05, 0.1) is 0 Å². The maximum absolute atomic E-state index is 12.8. The summed E-state index contributed by atoms with van der Waals surface area (Å²) in [6.45, 7) is 6.33. The van der Waals surface area contributed by atoms with Gasteiger partial charge in [-0.1, -0.05) is 45.8 Å². The Balaban J connectivity index is 2.12. The van der Waals surface area contributed by atoms with E-state index in [1.807, 2.05) is 50.2 Å². The monoisotopic (exact) mass is 432 g/mol. The molecule has 2 rings (SSSR count). The number of hydrogen-bond acceptors (Lipinski definition) is 3. The van der Waals surface area contributed by atoms with E-state index < -0.39 is 6.04 Å². The van der Waals surface area contributed by atoms with E-state index in [1.54, 1.807) is 24.0 Å². The fourth-order valence-electron chi connectivity index (χ4n) is 2.67. The number of halogens is 1. The summed E-state index contributed by atoms with van der Waals surface area (Å²) in [6.07, 6.45) is 0. The van der Waals surface area contributed by atoms with Crippen molar-refractivity contribution < 1.29 is 14.3 Å². The van der Waals surface area contributed by atoms with Gasteiger partial charge in [0, 0.05) is 17.6 Å². The van der Waals surface area contributed by atoms with Crippen LogP contribution in [0.5, 0.6) is 5.75 Å². The Labute approximate surface area is 168 Å². The number of benzene rings is 2. The molecule has 2 aromatic rings. The number of rotatable bonds is 8. The zero-order valence-electron chi connectivity index (χ0n) is 15.9. The number of ether oxygens (including phenoxy) is 1. The molecule has 27 heavy (non-hydrogen) atoms. The second-order valence-corrected chi connectivity index (χ2v) is 7.24. The number of nitrogens with zero attached hydrogens (tertiary/aromatic N) is 1. The lowest BCUT2D eigenvalue weighted by Crippen LogP contribution is -2.49. The molecule has 5 nitrogen and oxygen atoms in total. The molecule has 0 aliphatic rings. The Morgan fingerprint density at radius 3 is 2.52 bits per heavy atom. The highest BCUT2D eigenvalue weighted by atomic mass is 79.9. The molecule has 0 heterocycles. The highest BCUT2D eigenvalue weighted by molar-refractivity contribution is 9.10. The summed E-state index contributed by atoms with van der Waals surface area (Å²) in [7, 11) is 0. The first kappa shape index (κ1) is 21.0. The second-order valence-electron chi connectivity index (χ2n) is 6.32. The summed E-state index contributed by atoms with van der Waals surface area (Å²) in [6, 6.07) is 14.6. The first-order valence-electron chi connectivity index (χ1n) is 8.91. The molecule has 0 unspecified atom stereocenters. The Hall–Kier alpha value is -2.34. The van der Waals surface area contributed by atoms with E-state index in [0.29, 0.717) is 18.8 Å². The predicted molar refractivity (Wildman–Crippen MR) is 110 cm³/mol. The number of aryl methyl sites for hydroxylation is 1. The standard InChI is InChI=1S/C21H25BrN2O3/c1-4-23-21(26)16(3)24(13-17-7-5-6-15(2)12-17)20(25)14-27-19-10-8-18(22)9-11-19/h5-12,16H,4,13-14H2,1-3H3,(H,23,26)/t16-/m1/s1. The van der Waals surface area contributed by atoms with Gasteiger partial charge in [0.25, 0.3) is 5.91 Å². The molecule has 0 aliphatic carbocycles. The highest BCUT2D eigenvalue weighted by Crippen LogP contribution is 2.17. The number of nitrogens with one attached hydrogen (secondary N) is 1. The van der Waals surface area contributed by atoms with Crippen LogP contribution in [0.4, 0.5) is 0 Å². The van der Waals surface area contributed by atoms with Crippen LogP contribution in [0.1, 0.15) is 25.0 Å². The zero-order valence-corrected chi connectivity index (χ0v) is 17.5. The summed E-state index contributed by atoms with van der Waals surface area (Å²) in [5.74, 6) is 0.188. The molecule has 2 aromatic carbocycles. The largest absolute Gasteiger partial charge is 0.484 e. The average molecular weight is 433 g/mol. The maximum atomic E-state index is 12.8. The maximum Gasteiger partial charge on any atom is 0.261 e. The summed E-state index contributed by atoms with van der Waals surface area (Å²) >= 11 is 3.37. The fraction of sp³-hybridized carbons (Fsp3) is 0.333. The van der Waals surface area contributed by atoms with Gasteiger partial charge in [-0.2, -0.15) is 0 Å². The smallest absolute Gasteiger partial charge is 0.261 e. The number of amides is 2. The van der Waals surface area contributed by atoms with Gasteiger partial charge < -0.3 is 15.0 Å². The van der Waals surface area contributed by atoms with E-state index in [0.717, 1.165) is 15.6 Å². The van der Waals surface area contributed by atoms with Crippen LogP contribution in [0, 0.1) is 6.92 Å². The summed E-state index contributed by atoms with van der Waals surface area (Å²) in [5, 5.41) is 2.78. The van der Waals surface area contributed by atoms with Gasteiger partial charge in [-0.15, -0.1) is 0 Å². The van der Waals surface area contributed by atoms with Crippen molar-refractivity contribution in [3.05, 3.63) is 64.1 Å². The van der Waals surface area contributed by atoms with Gasteiger partial charge in [-0.05, 0) is 50.6 Å². The van der Waals surface area contributed by atoms with E-state index in [1.165, 1.54) is 0 Å². The average Bonchev–Trinajstić information content (AvgIpc) is 2.65. The van der Waals surface area contributed by atoms with Gasteiger partial charge in [0.2, 0.25) is 5.91 Å². The lowest BCUT2D eigenvalue weighted by molar-refractivity contribution is -0.142. The molecule has 0 saturated heterocycles. The van der Waals surface area contributed by atoms with E-state index in [4.69, 9.17) is 4.74 Å². The van der Waals surface area contributed by atoms with Crippen molar-refractivity contribution >= 4 is 27.7 Å². The number of likely N-dealkylation sites (N-methyl/N-ethyl adjacent to an activating group) is 1. The van der Waals surface area contributed by atoms with Crippen LogP contribution < -0.4 is 10.1 Å². The van der Waals surface area contributed by atoms with Crippen molar-refractivity contribution in [2.75, 3.05) is 13.2 Å². The van der Waals surface area contributed by atoms with E-state index in [9.17, 15) is 9.59 Å². The molecule has 1 atom stereocenters. The molecular formula is C21H25BrN2O3. The van der Waals surface area contributed by atoms with Crippen molar-refractivity contribution in [2.24, 2.45) is 0 Å². The third-order valence-electron chi connectivity index (χ3n) is 4.13. The predicted octanol–water partition coefficient (Wildman–Crippen LogP) is 3.69. The zero-order chi connectivity index (χ0) is 19.8. The lowest BCUT2D eigenvalue weighted by atomic mass is 10.1. The van der Waals surface area contributed by atoms with E-state index in [2.05, 4.69) is 21.2 Å². The molecule has 144 valence electrons. The van der Waals surface area contributed by atoms with Crippen molar-refractivity contribution in [3.63, 3.8) is 0 Å². The first-order chi connectivity index (χ1) is 12.9. The van der Waals surface area contributed by atoms with E-state index in [-0.39, 0.29) is 18.4 Å². The summed E-state index contributed by atoms with van der Waals surface area (Å²) in [4.78, 5) is 26.7. The van der Waals surface area contributed by atoms with Gasteiger partial charge in [-0.25, -0.2) is 0 Å². The third-order valence-corrected chi connectivity index (χ3v) is 4.66. The third kappa shape index (κ3) is 6.40. The van der Waals surface area contributed by atoms with Crippen molar-refractivity contribution in [1.82, 2.24) is 10.2 Å². The number of carbonyl (C=O) groups is 2. The first-order valence-corrected chi connectivity index (χ1v) is 9.71. The minimum atomic E-state index is -0.591. The van der Waals surface area contributed by atoms with Gasteiger partial charge in [0.15, 0.2) is 6.61 Å². The molecule has 0 saturated carbocycles. The molecule has 6 heteroatoms. The van der Waals surface area contributed by atoms with Crippen molar-refractivity contribution in [2.45, 2.75) is 33.4 Å². The Morgan fingerprint density at radius 1 is 1.19 bits per heavy atom. The van der Waals surface area contributed by atoms with Crippen LogP contribution >= 0.6 is 15.9 Å². The van der Waals surface area contributed by atoms with Gasteiger partial charge in [-0.3, -0.25) is 9.59 Å². The molecule has 0 spiro atoms. The topological polar surface area (TPSA) is 58.6 Å². The highest BCUT2D eigenvalue weighted by Gasteiger charge is 2.26. The van der Waals surface area contributed by atoms with Gasteiger partial charge in [0.1, 0.15) is 11.8 Å². The Morgan fingerprint density at radius 2 is 1.89 bits per heavy atom. The van der Waals surface area contributed by atoms with Crippen LogP contribution in [0.15, 0.2) is 53.0 Å². The number of carbonyl (C=O) groups excluding carboxylic acids is 2. The van der Waals surface area contributed by atoms with Crippen LogP contribution in [0.25, 0.3) is 0 Å². The molecule has 1 N–H and O–H groups in total. The Kier molecular flexibility index (Phi) is 7.85. The van der Waals surface area contributed by atoms with Crippen LogP contribution in [-0.4, -0.2) is 35.9 Å². The summed E-state index contributed by atoms with van der Waals surface area (Å²) < 4.78 is 6.55. The molecule has 0 radical (unpaired) electrons. The minimum absolute atomic E-state index is 0.128. The fourth-order valence-corrected chi connectivity index (χ4v) is 2.93. The van der Waals surface area contributed by atoms with E-state index >= 15 is 0 Å². The lowest BCUT2D eigenvalue weighted by Gasteiger charge is -2.28.